The van der Waals surface area contributed by atoms with Gasteiger partial charge in [0.25, 0.3) is 0 Å². The average Bonchev–Trinajstić information content (AvgIpc) is 3.08. The van der Waals surface area contributed by atoms with E-state index in [1.54, 1.807) is 0 Å². The molecule has 0 radical (unpaired) electrons. The molecule has 1 aromatic heterocycles. The van der Waals surface area contributed by atoms with Crippen molar-refractivity contribution in [2.24, 2.45) is 5.92 Å². The third kappa shape index (κ3) is 2.96. The highest BCUT2D eigenvalue weighted by Gasteiger charge is 2.42. The molecule has 1 N–H and O–H groups in total. The Bertz CT molecular complexity index is 393. The number of thioether (sulfide) groups is 1. The van der Waals surface area contributed by atoms with Crippen molar-refractivity contribution in [3.05, 3.63) is 11.1 Å². The lowest BCUT2D eigenvalue weighted by molar-refractivity contribution is -0.0851. The van der Waals surface area contributed by atoms with E-state index in [4.69, 9.17) is 4.74 Å². The summed E-state index contributed by atoms with van der Waals surface area (Å²) in [5.74, 6) is 3.07. The SMILES string of the molecule is CCNC(c1cnns1)C1CCOC2(CCSC2)C1. The first kappa shape index (κ1) is 13.8. The summed E-state index contributed by atoms with van der Waals surface area (Å²) in [7, 11) is 0. The topological polar surface area (TPSA) is 47.0 Å². The first-order chi connectivity index (χ1) is 9.33. The van der Waals surface area contributed by atoms with Crippen LogP contribution in [0.3, 0.4) is 0 Å². The van der Waals surface area contributed by atoms with Crippen LogP contribution in [0.15, 0.2) is 6.20 Å². The normalized spacial score (nSPS) is 32.8. The minimum absolute atomic E-state index is 0.152. The van der Waals surface area contributed by atoms with Crippen LogP contribution in [0.5, 0.6) is 0 Å². The van der Waals surface area contributed by atoms with E-state index in [-0.39, 0.29) is 5.60 Å². The van der Waals surface area contributed by atoms with Gasteiger partial charge in [-0.3, -0.25) is 0 Å². The lowest BCUT2D eigenvalue weighted by Crippen LogP contribution is -2.43. The van der Waals surface area contributed by atoms with Gasteiger partial charge in [0.05, 0.1) is 16.7 Å². The number of nitrogens with zero attached hydrogens (tertiary/aromatic N) is 2. The van der Waals surface area contributed by atoms with Gasteiger partial charge in [0, 0.05) is 18.4 Å². The molecule has 1 spiro atoms. The van der Waals surface area contributed by atoms with Crippen LogP contribution < -0.4 is 5.32 Å². The van der Waals surface area contributed by atoms with Gasteiger partial charge >= 0.3 is 0 Å². The minimum Gasteiger partial charge on any atom is -0.374 e. The van der Waals surface area contributed by atoms with Crippen molar-refractivity contribution in [3.8, 4) is 0 Å². The third-order valence-electron chi connectivity index (χ3n) is 4.18. The highest BCUT2D eigenvalue weighted by molar-refractivity contribution is 7.99. The molecule has 6 heteroatoms. The van der Waals surface area contributed by atoms with Crippen molar-refractivity contribution >= 4 is 23.3 Å². The van der Waals surface area contributed by atoms with Crippen LogP contribution in [0.25, 0.3) is 0 Å². The predicted molar refractivity (Wildman–Crippen MR) is 79.7 cm³/mol. The van der Waals surface area contributed by atoms with Crippen LogP contribution in [-0.4, -0.2) is 39.8 Å². The Labute approximate surface area is 122 Å². The van der Waals surface area contributed by atoms with E-state index in [1.165, 1.54) is 40.8 Å². The maximum absolute atomic E-state index is 6.13. The van der Waals surface area contributed by atoms with E-state index in [2.05, 4.69) is 21.8 Å². The summed E-state index contributed by atoms with van der Waals surface area (Å²) in [6, 6.07) is 0.399. The fourth-order valence-corrected chi connectivity index (χ4v) is 5.30. The van der Waals surface area contributed by atoms with Gasteiger partial charge in [-0.05, 0) is 49.0 Å². The fourth-order valence-electron chi connectivity index (χ4n) is 3.24. The molecular formula is C13H21N3OS2. The summed E-state index contributed by atoms with van der Waals surface area (Å²) in [5, 5.41) is 7.63. The second kappa shape index (κ2) is 6.08. The molecule has 19 heavy (non-hydrogen) atoms. The van der Waals surface area contributed by atoms with E-state index in [0.717, 1.165) is 19.6 Å². The molecule has 0 aliphatic carbocycles. The van der Waals surface area contributed by atoms with Crippen LogP contribution >= 0.6 is 23.3 Å². The summed E-state index contributed by atoms with van der Waals surface area (Å²) >= 11 is 3.56. The molecule has 0 saturated carbocycles. The van der Waals surface area contributed by atoms with Gasteiger partial charge in [0.15, 0.2) is 0 Å². The third-order valence-corrected chi connectivity index (χ3v) is 6.15. The molecule has 3 rings (SSSR count). The van der Waals surface area contributed by atoms with Crippen molar-refractivity contribution in [2.45, 2.75) is 37.8 Å². The Hall–Kier alpha value is -0.170. The summed E-state index contributed by atoms with van der Waals surface area (Å²) < 4.78 is 10.2. The smallest absolute Gasteiger partial charge is 0.0783 e. The minimum atomic E-state index is 0.152. The Balaban J connectivity index is 1.74. The monoisotopic (exact) mass is 299 g/mol. The quantitative estimate of drug-likeness (QED) is 0.925. The Morgan fingerprint density at radius 1 is 1.63 bits per heavy atom. The number of nitrogens with one attached hydrogen (secondary N) is 1. The second-order valence-electron chi connectivity index (χ2n) is 5.44. The second-order valence-corrected chi connectivity index (χ2v) is 7.36. The van der Waals surface area contributed by atoms with Gasteiger partial charge in [0.1, 0.15) is 0 Å². The van der Waals surface area contributed by atoms with Crippen molar-refractivity contribution in [1.29, 1.82) is 0 Å². The molecule has 1 aromatic rings. The lowest BCUT2D eigenvalue weighted by atomic mass is 9.81. The number of ether oxygens (including phenoxy) is 1. The summed E-state index contributed by atoms with van der Waals surface area (Å²) in [4.78, 5) is 1.27. The van der Waals surface area contributed by atoms with Gasteiger partial charge in [0.2, 0.25) is 0 Å². The first-order valence-corrected chi connectivity index (χ1v) is 8.98. The molecule has 3 atom stereocenters. The van der Waals surface area contributed by atoms with Crippen molar-refractivity contribution in [2.75, 3.05) is 24.7 Å². The Morgan fingerprint density at radius 2 is 2.58 bits per heavy atom. The number of aromatic nitrogens is 2. The summed E-state index contributed by atoms with van der Waals surface area (Å²) in [6.07, 6.45) is 5.45. The molecule has 2 fully saturated rings. The Morgan fingerprint density at radius 3 is 3.26 bits per heavy atom. The number of rotatable bonds is 4. The van der Waals surface area contributed by atoms with Crippen molar-refractivity contribution in [1.82, 2.24) is 14.9 Å². The van der Waals surface area contributed by atoms with Crippen molar-refractivity contribution < 1.29 is 4.74 Å². The number of hydrogen-bond donors (Lipinski definition) is 1. The van der Waals surface area contributed by atoms with E-state index in [9.17, 15) is 0 Å². The zero-order chi connectivity index (χ0) is 13.1. The van der Waals surface area contributed by atoms with E-state index in [1.807, 2.05) is 18.0 Å². The van der Waals surface area contributed by atoms with Crippen LogP contribution in [0.1, 0.15) is 37.1 Å². The largest absolute Gasteiger partial charge is 0.374 e. The van der Waals surface area contributed by atoms with Crippen LogP contribution in [0, 0.1) is 5.92 Å². The maximum Gasteiger partial charge on any atom is 0.0783 e. The van der Waals surface area contributed by atoms with Gasteiger partial charge < -0.3 is 10.1 Å². The molecule has 3 heterocycles. The predicted octanol–water partition coefficient (Wildman–Crippen LogP) is 2.49. The van der Waals surface area contributed by atoms with Crippen LogP contribution in [0.2, 0.25) is 0 Å². The molecule has 3 unspecified atom stereocenters. The zero-order valence-electron chi connectivity index (χ0n) is 11.3. The highest BCUT2D eigenvalue weighted by Crippen LogP contribution is 2.44. The summed E-state index contributed by atoms with van der Waals surface area (Å²) in [6.45, 7) is 4.06. The maximum atomic E-state index is 6.13. The van der Waals surface area contributed by atoms with Gasteiger partial charge in [-0.2, -0.15) is 11.8 Å². The van der Waals surface area contributed by atoms with Gasteiger partial charge in [-0.15, -0.1) is 5.10 Å². The van der Waals surface area contributed by atoms with Gasteiger partial charge in [-0.1, -0.05) is 11.4 Å². The average molecular weight is 299 g/mol. The highest BCUT2D eigenvalue weighted by atomic mass is 32.2. The fraction of sp³-hybridized carbons (Fsp3) is 0.846. The number of hydrogen-bond acceptors (Lipinski definition) is 6. The Kier molecular flexibility index (Phi) is 4.41. The van der Waals surface area contributed by atoms with Crippen LogP contribution in [-0.2, 0) is 4.74 Å². The zero-order valence-corrected chi connectivity index (χ0v) is 12.9. The van der Waals surface area contributed by atoms with E-state index in [0.29, 0.717) is 12.0 Å². The van der Waals surface area contributed by atoms with E-state index < -0.39 is 0 Å². The summed E-state index contributed by atoms with van der Waals surface area (Å²) in [5.41, 5.74) is 0.152. The molecule has 4 nitrogen and oxygen atoms in total. The molecule has 106 valence electrons. The first-order valence-electron chi connectivity index (χ1n) is 7.05. The van der Waals surface area contributed by atoms with Crippen LogP contribution in [0.4, 0.5) is 0 Å². The molecule has 2 aliphatic rings. The van der Waals surface area contributed by atoms with Crippen molar-refractivity contribution in [3.63, 3.8) is 0 Å². The standard InChI is InChI=1S/C13H21N3OS2/c1-2-14-12(11-8-15-16-19-11)10-3-5-17-13(7-10)4-6-18-9-13/h8,10,12,14H,2-7,9H2,1H3. The van der Waals surface area contributed by atoms with E-state index >= 15 is 0 Å². The molecule has 0 amide bonds. The van der Waals surface area contributed by atoms with Gasteiger partial charge in [-0.25, -0.2) is 0 Å². The molecular weight excluding hydrogens is 278 g/mol. The molecule has 0 bridgehead atoms. The molecule has 2 aliphatic heterocycles. The lowest BCUT2D eigenvalue weighted by Gasteiger charge is -2.40. The molecule has 0 aromatic carbocycles. The molecule has 2 saturated heterocycles.